The fourth-order valence-corrected chi connectivity index (χ4v) is 2.02. The van der Waals surface area contributed by atoms with Crippen molar-refractivity contribution in [2.45, 2.75) is 18.9 Å². The fourth-order valence-electron chi connectivity index (χ4n) is 2.02. The van der Waals surface area contributed by atoms with Crippen molar-refractivity contribution in [1.29, 1.82) is 0 Å². The van der Waals surface area contributed by atoms with E-state index in [-0.39, 0.29) is 12.2 Å². The molecule has 1 unspecified atom stereocenters. The summed E-state index contributed by atoms with van der Waals surface area (Å²) in [6.07, 6.45) is 1.19. The Bertz CT molecular complexity index is 405. The van der Waals surface area contributed by atoms with Gasteiger partial charge in [0.15, 0.2) is 0 Å². The zero-order valence-electron chi connectivity index (χ0n) is 10.5. The number of nitrogens with two attached hydrogens (primary N) is 1. The molecule has 1 heterocycles. The number of anilines is 1. The molecule has 2 N–H and O–H groups in total. The van der Waals surface area contributed by atoms with Gasteiger partial charge in [-0.3, -0.25) is 4.90 Å². The molecule has 1 aromatic carbocycles. The van der Waals surface area contributed by atoms with E-state index in [1.807, 2.05) is 24.3 Å². The standard InChI is InChI=1S/C13H18N2O3/c1-17-11-4-2-10(3-5-11)15-9-7-12(6-8-14)18-13(15)16/h2-5,12H,6-9,14H2,1H3. The van der Waals surface area contributed by atoms with Gasteiger partial charge in [-0.05, 0) is 37.2 Å². The van der Waals surface area contributed by atoms with Gasteiger partial charge in [-0.15, -0.1) is 0 Å². The summed E-state index contributed by atoms with van der Waals surface area (Å²) >= 11 is 0. The van der Waals surface area contributed by atoms with Gasteiger partial charge in [-0.25, -0.2) is 4.79 Å². The number of nitrogens with zero attached hydrogens (tertiary/aromatic N) is 1. The van der Waals surface area contributed by atoms with Gasteiger partial charge in [0.25, 0.3) is 0 Å². The first-order valence-corrected chi connectivity index (χ1v) is 6.07. The molecule has 1 fully saturated rings. The molecule has 0 aromatic heterocycles. The smallest absolute Gasteiger partial charge is 0.414 e. The molecule has 1 aliphatic rings. The first-order chi connectivity index (χ1) is 8.74. The highest BCUT2D eigenvalue weighted by Crippen LogP contribution is 2.24. The van der Waals surface area contributed by atoms with Gasteiger partial charge in [0.05, 0.1) is 7.11 Å². The number of benzene rings is 1. The van der Waals surface area contributed by atoms with E-state index in [0.29, 0.717) is 13.1 Å². The predicted octanol–water partition coefficient (Wildman–Crippen LogP) is 1.76. The molecule has 0 bridgehead atoms. The first-order valence-electron chi connectivity index (χ1n) is 6.07. The Morgan fingerprint density at radius 1 is 1.44 bits per heavy atom. The highest BCUT2D eigenvalue weighted by molar-refractivity contribution is 5.88. The Labute approximate surface area is 106 Å². The van der Waals surface area contributed by atoms with Gasteiger partial charge in [0.1, 0.15) is 11.9 Å². The maximum atomic E-state index is 11.9. The van der Waals surface area contributed by atoms with Crippen LogP contribution >= 0.6 is 0 Å². The van der Waals surface area contributed by atoms with Crippen molar-refractivity contribution >= 4 is 11.8 Å². The second-order valence-corrected chi connectivity index (χ2v) is 4.22. The molecule has 1 aromatic rings. The van der Waals surface area contributed by atoms with Crippen LogP contribution in [-0.4, -0.2) is 32.4 Å². The molecule has 2 rings (SSSR count). The van der Waals surface area contributed by atoms with Gasteiger partial charge in [-0.1, -0.05) is 0 Å². The van der Waals surface area contributed by atoms with E-state index in [4.69, 9.17) is 15.2 Å². The molecule has 0 saturated carbocycles. The minimum atomic E-state index is -0.301. The zero-order valence-corrected chi connectivity index (χ0v) is 10.5. The van der Waals surface area contributed by atoms with Crippen molar-refractivity contribution in [2.24, 2.45) is 5.73 Å². The van der Waals surface area contributed by atoms with Gasteiger partial charge in [0, 0.05) is 18.7 Å². The molecule has 1 atom stereocenters. The van der Waals surface area contributed by atoms with Crippen LogP contribution in [0.15, 0.2) is 24.3 Å². The van der Waals surface area contributed by atoms with E-state index < -0.39 is 0 Å². The molecular weight excluding hydrogens is 232 g/mol. The maximum Gasteiger partial charge on any atom is 0.414 e. The summed E-state index contributed by atoms with van der Waals surface area (Å²) in [4.78, 5) is 13.5. The van der Waals surface area contributed by atoms with Crippen LogP contribution in [-0.2, 0) is 4.74 Å². The van der Waals surface area contributed by atoms with Crippen molar-refractivity contribution in [3.8, 4) is 5.75 Å². The number of amides is 1. The third kappa shape index (κ3) is 2.73. The average Bonchev–Trinajstić information content (AvgIpc) is 2.40. The molecule has 1 aliphatic heterocycles. The molecule has 0 aliphatic carbocycles. The lowest BCUT2D eigenvalue weighted by Gasteiger charge is -2.31. The number of carbonyl (C=O) groups excluding carboxylic acids is 1. The number of carbonyl (C=O) groups is 1. The topological polar surface area (TPSA) is 64.8 Å². The van der Waals surface area contributed by atoms with Crippen LogP contribution in [0.2, 0.25) is 0 Å². The minimum Gasteiger partial charge on any atom is -0.497 e. The van der Waals surface area contributed by atoms with Crippen LogP contribution in [0.3, 0.4) is 0 Å². The van der Waals surface area contributed by atoms with Crippen molar-refractivity contribution in [2.75, 3.05) is 25.1 Å². The van der Waals surface area contributed by atoms with E-state index in [2.05, 4.69) is 0 Å². The van der Waals surface area contributed by atoms with Crippen molar-refractivity contribution in [3.05, 3.63) is 24.3 Å². The fraction of sp³-hybridized carbons (Fsp3) is 0.462. The normalized spacial score (nSPS) is 19.6. The zero-order chi connectivity index (χ0) is 13.0. The van der Waals surface area contributed by atoms with Gasteiger partial charge < -0.3 is 15.2 Å². The third-order valence-electron chi connectivity index (χ3n) is 3.04. The number of hydrogen-bond donors (Lipinski definition) is 1. The quantitative estimate of drug-likeness (QED) is 0.884. The molecule has 1 saturated heterocycles. The minimum absolute atomic E-state index is 0.0444. The van der Waals surface area contributed by atoms with Crippen LogP contribution in [0.1, 0.15) is 12.8 Å². The van der Waals surface area contributed by atoms with E-state index in [0.717, 1.165) is 24.3 Å². The highest BCUT2D eigenvalue weighted by Gasteiger charge is 2.27. The predicted molar refractivity (Wildman–Crippen MR) is 68.9 cm³/mol. The van der Waals surface area contributed by atoms with E-state index >= 15 is 0 Å². The Morgan fingerprint density at radius 2 is 2.17 bits per heavy atom. The third-order valence-corrected chi connectivity index (χ3v) is 3.04. The summed E-state index contributed by atoms with van der Waals surface area (Å²) in [6.45, 7) is 1.20. The Morgan fingerprint density at radius 3 is 2.72 bits per heavy atom. The van der Waals surface area contributed by atoms with Gasteiger partial charge >= 0.3 is 6.09 Å². The van der Waals surface area contributed by atoms with E-state index in [9.17, 15) is 4.79 Å². The summed E-state index contributed by atoms with van der Waals surface area (Å²) < 4.78 is 10.4. The number of ether oxygens (including phenoxy) is 2. The van der Waals surface area contributed by atoms with Crippen LogP contribution in [0.4, 0.5) is 10.5 Å². The first kappa shape index (κ1) is 12.7. The average molecular weight is 250 g/mol. The largest absolute Gasteiger partial charge is 0.497 e. The molecular formula is C13H18N2O3. The molecule has 0 spiro atoms. The second-order valence-electron chi connectivity index (χ2n) is 4.22. The monoisotopic (exact) mass is 250 g/mol. The summed E-state index contributed by atoms with van der Waals surface area (Å²) in [5.74, 6) is 0.769. The molecule has 5 heteroatoms. The summed E-state index contributed by atoms with van der Waals surface area (Å²) in [5, 5.41) is 0. The molecule has 5 nitrogen and oxygen atoms in total. The number of cyclic esters (lactones) is 1. The molecule has 0 radical (unpaired) electrons. The maximum absolute atomic E-state index is 11.9. The number of hydrogen-bond acceptors (Lipinski definition) is 4. The van der Waals surface area contributed by atoms with Crippen molar-refractivity contribution < 1.29 is 14.3 Å². The Hall–Kier alpha value is -1.75. The summed E-state index contributed by atoms with van der Waals surface area (Å²) in [7, 11) is 1.61. The summed E-state index contributed by atoms with van der Waals surface area (Å²) in [5.41, 5.74) is 6.29. The number of rotatable bonds is 4. The lowest BCUT2D eigenvalue weighted by Crippen LogP contribution is -2.42. The van der Waals surface area contributed by atoms with Crippen molar-refractivity contribution in [1.82, 2.24) is 0 Å². The van der Waals surface area contributed by atoms with Gasteiger partial charge in [0.2, 0.25) is 0 Å². The van der Waals surface area contributed by atoms with Crippen LogP contribution in [0.5, 0.6) is 5.75 Å². The second kappa shape index (κ2) is 5.73. The van der Waals surface area contributed by atoms with Crippen molar-refractivity contribution in [3.63, 3.8) is 0 Å². The highest BCUT2D eigenvalue weighted by atomic mass is 16.6. The Kier molecular flexibility index (Phi) is 4.04. The van der Waals surface area contributed by atoms with Crippen LogP contribution in [0.25, 0.3) is 0 Å². The molecule has 1 amide bonds. The SMILES string of the molecule is COc1ccc(N2CCC(CCN)OC2=O)cc1. The number of methoxy groups -OCH3 is 1. The summed E-state index contributed by atoms with van der Waals surface area (Å²) in [6, 6.07) is 7.36. The Balaban J connectivity index is 2.03. The van der Waals surface area contributed by atoms with E-state index in [1.54, 1.807) is 12.0 Å². The molecule has 98 valence electrons. The van der Waals surface area contributed by atoms with Crippen LogP contribution in [0, 0.1) is 0 Å². The van der Waals surface area contributed by atoms with Crippen LogP contribution < -0.4 is 15.4 Å². The van der Waals surface area contributed by atoms with E-state index in [1.165, 1.54) is 0 Å². The molecule has 18 heavy (non-hydrogen) atoms. The lowest BCUT2D eigenvalue weighted by molar-refractivity contribution is 0.0807. The van der Waals surface area contributed by atoms with Gasteiger partial charge in [-0.2, -0.15) is 0 Å². The lowest BCUT2D eigenvalue weighted by atomic mass is 10.1.